The van der Waals surface area contributed by atoms with Crippen LogP contribution in [0.1, 0.15) is 6.42 Å². The number of aliphatic imine (C=N–C) groups is 1. The van der Waals surface area contributed by atoms with Crippen LogP contribution in [0.5, 0.6) is 0 Å². The lowest BCUT2D eigenvalue weighted by molar-refractivity contribution is -0.539. The first-order chi connectivity index (χ1) is 11.5. The third-order valence-electron chi connectivity index (χ3n) is 4.65. The van der Waals surface area contributed by atoms with E-state index in [2.05, 4.69) is 4.99 Å². The number of anilines is 1. The van der Waals surface area contributed by atoms with E-state index >= 15 is 0 Å². The number of urea groups is 1. The molecule has 4 rings (SSSR count). The van der Waals surface area contributed by atoms with Gasteiger partial charge in [0.15, 0.2) is 0 Å². The van der Waals surface area contributed by atoms with Gasteiger partial charge >= 0.3 is 12.0 Å². The van der Waals surface area contributed by atoms with E-state index < -0.39 is 6.04 Å². The normalized spacial score (nSPS) is 23.5. The van der Waals surface area contributed by atoms with Gasteiger partial charge in [-0.3, -0.25) is 14.6 Å². The van der Waals surface area contributed by atoms with Crippen LogP contribution in [0.2, 0.25) is 5.02 Å². The lowest BCUT2D eigenvalue weighted by Gasteiger charge is -2.32. The number of halogens is 1. The number of likely N-dealkylation sites (N-methyl/N-ethyl adjacent to an activating group) is 2. The van der Waals surface area contributed by atoms with Crippen LogP contribution in [-0.2, 0) is 4.79 Å². The van der Waals surface area contributed by atoms with Crippen LogP contribution in [0.3, 0.4) is 0 Å². The molecule has 124 valence electrons. The molecule has 3 aliphatic heterocycles. The van der Waals surface area contributed by atoms with Gasteiger partial charge in [-0.25, -0.2) is 14.3 Å². The van der Waals surface area contributed by atoms with Crippen LogP contribution in [0, 0.1) is 0 Å². The number of nitrogens with zero attached hydrogens (tertiary/aromatic N) is 5. The molecule has 1 aromatic rings. The molecule has 3 heterocycles. The van der Waals surface area contributed by atoms with Crippen LogP contribution >= 0.6 is 11.6 Å². The number of hydrogen-bond donors (Lipinski definition) is 0. The number of amides is 3. The fourth-order valence-corrected chi connectivity index (χ4v) is 3.60. The first-order valence-electron chi connectivity index (χ1n) is 7.79. The molecule has 0 radical (unpaired) electrons. The summed E-state index contributed by atoms with van der Waals surface area (Å²) in [5.41, 5.74) is 0.931. The summed E-state index contributed by atoms with van der Waals surface area (Å²) >= 11 is 6.11. The molecule has 0 N–H and O–H groups in total. The van der Waals surface area contributed by atoms with E-state index in [0.717, 1.165) is 30.1 Å². The molecule has 8 heteroatoms. The predicted octanol–water partition coefficient (Wildman–Crippen LogP) is 1.22. The largest absolute Gasteiger partial charge is 0.397 e. The second-order valence-electron chi connectivity index (χ2n) is 6.09. The molecule has 1 saturated heterocycles. The van der Waals surface area contributed by atoms with Gasteiger partial charge in [0.25, 0.3) is 5.91 Å². The monoisotopic (exact) mass is 346 g/mol. The van der Waals surface area contributed by atoms with Gasteiger partial charge in [-0.2, -0.15) is 0 Å². The quantitative estimate of drug-likeness (QED) is 0.718. The Kier molecular flexibility index (Phi) is 3.35. The Morgan fingerprint density at radius 1 is 1.25 bits per heavy atom. The third kappa shape index (κ3) is 2.04. The van der Waals surface area contributed by atoms with Crippen LogP contribution in [-0.4, -0.2) is 71.3 Å². The highest BCUT2D eigenvalue weighted by Crippen LogP contribution is 2.27. The summed E-state index contributed by atoms with van der Waals surface area (Å²) in [4.78, 5) is 34.1. The number of imide groups is 1. The van der Waals surface area contributed by atoms with E-state index in [1.165, 1.54) is 11.9 Å². The minimum absolute atomic E-state index is 0.236. The minimum Gasteiger partial charge on any atom is -0.270 e. The lowest BCUT2D eigenvalue weighted by atomic mass is 10.1. The molecule has 1 aromatic carbocycles. The Bertz CT molecular complexity index is 818. The van der Waals surface area contributed by atoms with E-state index in [-0.39, 0.29) is 11.9 Å². The van der Waals surface area contributed by atoms with Crippen molar-refractivity contribution in [2.24, 2.45) is 4.99 Å². The molecule has 7 nitrogen and oxygen atoms in total. The van der Waals surface area contributed by atoms with Crippen LogP contribution < -0.4 is 4.90 Å². The molecular formula is C16H17ClN5O2+. The summed E-state index contributed by atoms with van der Waals surface area (Å²) in [5, 5.41) is 0.649. The van der Waals surface area contributed by atoms with Crippen LogP contribution in [0.15, 0.2) is 29.3 Å². The smallest absolute Gasteiger partial charge is 0.270 e. The predicted molar refractivity (Wildman–Crippen MR) is 90.7 cm³/mol. The molecule has 3 amide bonds. The molecule has 1 unspecified atom stereocenters. The van der Waals surface area contributed by atoms with E-state index in [1.807, 2.05) is 33.7 Å². The van der Waals surface area contributed by atoms with Gasteiger partial charge < -0.3 is 0 Å². The zero-order valence-corrected chi connectivity index (χ0v) is 14.2. The summed E-state index contributed by atoms with van der Waals surface area (Å²) < 4.78 is 1.97. The SMILES string of the molecule is CN1C(=O)C2C(=NC3=[N+]2CCCN3c2cccc(Cl)c2)N(C)C1=O. The van der Waals surface area contributed by atoms with Crippen molar-refractivity contribution in [3.05, 3.63) is 29.3 Å². The molecule has 0 bridgehead atoms. The summed E-state index contributed by atoms with van der Waals surface area (Å²) in [5.74, 6) is 0.957. The summed E-state index contributed by atoms with van der Waals surface area (Å²) in [6.45, 7) is 1.52. The Hall–Kier alpha value is -2.41. The highest BCUT2D eigenvalue weighted by molar-refractivity contribution is 6.31. The molecular weight excluding hydrogens is 330 g/mol. The van der Waals surface area contributed by atoms with Crippen LogP contribution in [0.4, 0.5) is 10.5 Å². The maximum absolute atomic E-state index is 12.6. The van der Waals surface area contributed by atoms with E-state index in [1.54, 1.807) is 7.05 Å². The molecule has 1 fully saturated rings. The maximum atomic E-state index is 12.6. The first kappa shape index (κ1) is 15.1. The van der Waals surface area contributed by atoms with Gasteiger partial charge in [0.1, 0.15) is 5.69 Å². The molecule has 0 saturated carbocycles. The zero-order chi connectivity index (χ0) is 17.0. The minimum atomic E-state index is -0.533. The summed E-state index contributed by atoms with van der Waals surface area (Å²) in [6.07, 6.45) is 0.893. The lowest BCUT2D eigenvalue weighted by Crippen LogP contribution is -2.62. The third-order valence-corrected chi connectivity index (χ3v) is 4.89. The number of amidine groups is 1. The number of carbonyl (C=O) groups is 2. The van der Waals surface area contributed by atoms with Gasteiger partial charge in [-0.05, 0) is 18.2 Å². The van der Waals surface area contributed by atoms with Crippen molar-refractivity contribution in [2.75, 3.05) is 32.1 Å². The average molecular weight is 347 g/mol. The number of benzene rings is 1. The number of guanidine groups is 1. The zero-order valence-electron chi connectivity index (χ0n) is 13.4. The first-order valence-corrected chi connectivity index (χ1v) is 8.17. The molecule has 3 aliphatic rings. The van der Waals surface area contributed by atoms with Gasteiger partial charge in [0, 0.05) is 25.5 Å². The number of fused-ring (bicyclic) bond motifs is 2. The van der Waals surface area contributed by atoms with Gasteiger partial charge in [0.05, 0.1) is 13.1 Å². The van der Waals surface area contributed by atoms with Crippen molar-refractivity contribution in [1.29, 1.82) is 0 Å². The Morgan fingerprint density at radius 3 is 2.79 bits per heavy atom. The molecule has 0 aromatic heterocycles. The number of hydrogen-bond acceptors (Lipinski definition) is 4. The number of rotatable bonds is 1. The fourth-order valence-electron chi connectivity index (χ4n) is 3.42. The molecule has 1 atom stereocenters. The molecule has 24 heavy (non-hydrogen) atoms. The van der Waals surface area contributed by atoms with Gasteiger partial charge in [0.2, 0.25) is 11.9 Å². The Balaban J connectivity index is 1.80. The van der Waals surface area contributed by atoms with Crippen molar-refractivity contribution in [2.45, 2.75) is 12.5 Å². The van der Waals surface area contributed by atoms with Gasteiger partial charge in [-0.15, -0.1) is 0 Å². The highest BCUT2D eigenvalue weighted by atomic mass is 35.5. The Labute approximate surface area is 144 Å². The second kappa shape index (κ2) is 5.31. The highest BCUT2D eigenvalue weighted by Gasteiger charge is 2.53. The van der Waals surface area contributed by atoms with E-state index in [4.69, 9.17) is 11.6 Å². The topological polar surface area (TPSA) is 59.2 Å². The van der Waals surface area contributed by atoms with Crippen molar-refractivity contribution in [3.63, 3.8) is 0 Å². The standard InChI is InChI=1S/C16H17ClN5O2/c1-19-13-12(14(23)20(2)16(19)24)22-8-4-7-21(15(22)18-13)11-6-3-5-10(17)9-11/h3,5-6,9,12H,4,7-8H2,1-2H3/q+1. The van der Waals surface area contributed by atoms with Crippen LogP contribution in [0.25, 0.3) is 0 Å². The van der Waals surface area contributed by atoms with Crippen molar-refractivity contribution in [3.8, 4) is 0 Å². The van der Waals surface area contributed by atoms with E-state index in [9.17, 15) is 9.59 Å². The van der Waals surface area contributed by atoms with Crippen molar-refractivity contribution >= 4 is 41.0 Å². The average Bonchev–Trinajstić information content (AvgIpc) is 2.97. The maximum Gasteiger partial charge on any atom is 0.397 e. The molecule has 0 spiro atoms. The molecule has 0 aliphatic carbocycles. The second-order valence-corrected chi connectivity index (χ2v) is 6.53. The summed E-state index contributed by atoms with van der Waals surface area (Å²) in [6, 6.07) is 6.67. The van der Waals surface area contributed by atoms with E-state index in [0.29, 0.717) is 16.8 Å². The Morgan fingerprint density at radius 2 is 2.04 bits per heavy atom. The fraction of sp³-hybridized carbons (Fsp3) is 0.375. The van der Waals surface area contributed by atoms with Gasteiger partial charge in [-0.1, -0.05) is 22.7 Å². The van der Waals surface area contributed by atoms with Crippen molar-refractivity contribution < 1.29 is 14.2 Å². The number of carbonyl (C=O) groups excluding carboxylic acids is 2. The van der Waals surface area contributed by atoms with Crippen molar-refractivity contribution in [1.82, 2.24) is 9.80 Å². The summed E-state index contributed by atoms with van der Waals surface area (Å²) in [7, 11) is 3.16.